The number of ether oxygens (including phenoxy) is 2. The van der Waals surface area contributed by atoms with Crippen LogP contribution in [0.1, 0.15) is 6.42 Å². The van der Waals surface area contributed by atoms with E-state index in [9.17, 15) is 8.42 Å². The summed E-state index contributed by atoms with van der Waals surface area (Å²) in [5, 5.41) is 3.19. The number of rotatable bonds is 2. The summed E-state index contributed by atoms with van der Waals surface area (Å²) in [6.45, 7) is 2.73. The fourth-order valence-electron chi connectivity index (χ4n) is 2.25. The first-order valence-electron chi connectivity index (χ1n) is 6.28. The van der Waals surface area contributed by atoms with Gasteiger partial charge in [-0.3, -0.25) is 0 Å². The minimum absolute atomic E-state index is 0.145. The lowest BCUT2D eigenvalue weighted by Crippen LogP contribution is -2.34. The normalized spacial score (nSPS) is 20.2. The molecule has 3 rings (SSSR count). The number of benzene rings is 1. The number of nitrogens with zero attached hydrogens (tertiary/aromatic N) is 1. The van der Waals surface area contributed by atoms with E-state index < -0.39 is 10.0 Å². The van der Waals surface area contributed by atoms with E-state index in [1.165, 1.54) is 10.4 Å². The standard InChI is InChI=1S/C12H16N2O4S/c15-19(16,14-6-1-4-13-5-7-14)10-2-3-11-12(8-10)18-9-17-11/h2-3,8,13H,1,4-7,9H2. The van der Waals surface area contributed by atoms with Gasteiger partial charge in [0.1, 0.15) is 0 Å². The molecule has 1 aromatic carbocycles. The molecule has 0 saturated carbocycles. The molecule has 19 heavy (non-hydrogen) atoms. The lowest BCUT2D eigenvalue weighted by Gasteiger charge is -2.19. The third-order valence-electron chi connectivity index (χ3n) is 3.28. The summed E-state index contributed by atoms with van der Waals surface area (Å²) in [5.74, 6) is 1.09. The average molecular weight is 284 g/mol. The largest absolute Gasteiger partial charge is 0.454 e. The molecule has 2 aliphatic rings. The van der Waals surface area contributed by atoms with Crippen molar-refractivity contribution in [3.63, 3.8) is 0 Å². The summed E-state index contributed by atoms with van der Waals surface area (Å²) in [4.78, 5) is 0.263. The third kappa shape index (κ3) is 2.41. The first kappa shape index (κ1) is 12.7. The van der Waals surface area contributed by atoms with Gasteiger partial charge in [0, 0.05) is 25.7 Å². The van der Waals surface area contributed by atoms with Gasteiger partial charge in [-0.2, -0.15) is 4.31 Å². The molecule has 1 saturated heterocycles. The van der Waals surface area contributed by atoms with Crippen LogP contribution in [0.2, 0.25) is 0 Å². The van der Waals surface area contributed by atoms with Gasteiger partial charge in [0.25, 0.3) is 0 Å². The van der Waals surface area contributed by atoms with Crippen molar-refractivity contribution in [2.75, 3.05) is 33.0 Å². The van der Waals surface area contributed by atoms with Crippen LogP contribution in [0, 0.1) is 0 Å². The SMILES string of the molecule is O=S(=O)(c1ccc2c(c1)OCO2)N1CCCNCC1. The van der Waals surface area contributed by atoms with Crippen LogP contribution in [0.5, 0.6) is 11.5 Å². The summed E-state index contributed by atoms with van der Waals surface area (Å²) in [5.41, 5.74) is 0. The van der Waals surface area contributed by atoms with Crippen molar-refractivity contribution in [1.82, 2.24) is 9.62 Å². The maximum absolute atomic E-state index is 12.5. The van der Waals surface area contributed by atoms with Crippen LogP contribution in [0.3, 0.4) is 0 Å². The van der Waals surface area contributed by atoms with Crippen LogP contribution in [0.4, 0.5) is 0 Å². The third-order valence-corrected chi connectivity index (χ3v) is 5.18. The molecule has 2 aliphatic heterocycles. The number of hydrogen-bond donors (Lipinski definition) is 1. The van der Waals surface area contributed by atoms with Gasteiger partial charge in [-0.25, -0.2) is 8.42 Å². The van der Waals surface area contributed by atoms with Gasteiger partial charge in [-0.05, 0) is 25.1 Å². The molecule has 0 aromatic heterocycles. The highest BCUT2D eigenvalue weighted by atomic mass is 32.2. The highest BCUT2D eigenvalue weighted by Gasteiger charge is 2.27. The summed E-state index contributed by atoms with van der Waals surface area (Å²) in [6.07, 6.45) is 0.823. The Morgan fingerprint density at radius 2 is 1.95 bits per heavy atom. The molecule has 0 amide bonds. The fraction of sp³-hybridized carbons (Fsp3) is 0.500. The summed E-state index contributed by atoms with van der Waals surface area (Å²) < 4.78 is 37.0. The molecule has 0 unspecified atom stereocenters. The van der Waals surface area contributed by atoms with Gasteiger partial charge < -0.3 is 14.8 Å². The van der Waals surface area contributed by atoms with E-state index in [1.807, 2.05) is 0 Å². The molecule has 104 valence electrons. The van der Waals surface area contributed by atoms with Crippen molar-refractivity contribution >= 4 is 10.0 Å². The Bertz CT molecular complexity index is 565. The lowest BCUT2D eigenvalue weighted by molar-refractivity contribution is 0.174. The predicted molar refractivity (Wildman–Crippen MR) is 68.8 cm³/mol. The second-order valence-corrected chi connectivity index (χ2v) is 6.46. The molecule has 0 spiro atoms. The van der Waals surface area contributed by atoms with Crippen LogP contribution in [0.25, 0.3) is 0 Å². The van der Waals surface area contributed by atoms with Gasteiger partial charge in [-0.15, -0.1) is 0 Å². The maximum Gasteiger partial charge on any atom is 0.243 e. The molecule has 2 heterocycles. The fourth-order valence-corrected chi connectivity index (χ4v) is 3.74. The smallest absolute Gasteiger partial charge is 0.243 e. The molecule has 0 radical (unpaired) electrons. The van der Waals surface area contributed by atoms with E-state index in [2.05, 4.69) is 5.32 Å². The highest BCUT2D eigenvalue weighted by molar-refractivity contribution is 7.89. The van der Waals surface area contributed by atoms with Crippen LogP contribution in [-0.2, 0) is 10.0 Å². The van der Waals surface area contributed by atoms with Gasteiger partial charge >= 0.3 is 0 Å². The Morgan fingerprint density at radius 1 is 1.11 bits per heavy atom. The number of sulfonamides is 1. The zero-order valence-electron chi connectivity index (χ0n) is 10.5. The van der Waals surface area contributed by atoms with Crippen molar-refractivity contribution in [3.8, 4) is 11.5 Å². The van der Waals surface area contributed by atoms with Crippen molar-refractivity contribution < 1.29 is 17.9 Å². The monoisotopic (exact) mass is 284 g/mol. The van der Waals surface area contributed by atoms with E-state index in [0.29, 0.717) is 31.1 Å². The van der Waals surface area contributed by atoms with E-state index in [0.717, 1.165) is 13.0 Å². The Labute approximate surface area is 112 Å². The van der Waals surface area contributed by atoms with Crippen molar-refractivity contribution in [2.24, 2.45) is 0 Å². The molecule has 0 aliphatic carbocycles. The van der Waals surface area contributed by atoms with Crippen LogP contribution < -0.4 is 14.8 Å². The summed E-state index contributed by atoms with van der Waals surface area (Å²) in [6, 6.07) is 4.75. The van der Waals surface area contributed by atoms with Gasteiger partial charge in [-0.1, -0.05) is 0 Å². The minimum atomic E-state index is -3.45. The molecule has 6 nitrogen and oxygen atoms in total. The first-order chi connectivity index (χ1) is 9.18. The molecule has 0 bridgehead atoms. The zero-order chi connectivity index (χ0) is 13.3. The molecular formula is C12H16N2O4S. The van der Waals surface area contributed by atoms with Gasteiger partial charge in [0.2, 0.25) is 16.8 Å². The predicted octanol–water partition coefficient (Wildman–Crippen LogP) is 0.399. The Balaban J connectivity index is 1.90. The molecular weight excluding hydrogens is 268 g/mol. The Kier molecular flexibility index (Phi) is 3.34. The van der Waals surface area contributed by atoms with Gasteiger partial charge in [0.15, 0.2) is 11.5 Å². The second kappa shape index (κ2) is 4.99. The Hall–Kier alpha value is -1.31. The molecule has 0 atom stereocenters. The zero-order valence-corrected chi connectivity index (χ0v) is 11.3. The van der Waals surface area contributed by atoms with Crippen molar-refractivity contribution in [2.45, 2.75) is 11.3 Å². The minimum Gasteiger partial charge on any atom is -0.454 e. The van der Waals surface area contributed by atoms with E-state index >= 15 is 0 Å². The number of hydrogen-bond acceptors (Lipinski definition) is 5. The molecule has 1 fully saturated rings. The summed E-state index contributed by atoms with van der Waals surface area (Å²) >= 11 is 0. The number of nitrogens with one attached hydrogen (secondary N) is 1. The van der Waals surface area contributed by atoms with Gasteiger partial charge in [0.05, 0.1) is 4.90 Å². The van der Waals surface area contributed by atoms with E-state index in [1.54, 1.807) is 12.1 Å². The second-order valence-electron chi connectivity index (χ2n) is 4.52. The van der Waals surface area contributed by atoms with Crippen molar-refractivity contribution in [1.29, 1.82) is 0 Å². The van der Waals surface area contributed by atoms with E-state index in [4.69, 9.17) is 9.47 Å². The molecule has 1 aromatic rings. The van der Waals surface area contributed by atoms with Crippen LogP contribution in [-0.4, -0.2) is 45.7 Å². The van der Waals surface area contributed by atoms with E-state index in [-0.39, 0.29) is 11.7 Å². The van der Waals surface area contributed by atoms with Crippen molar-refractivity contribution in [3.05, 3.63) is 18.2 Å². The van der Waals surface area contributed by atoms with Crippen LogP contribution >= 0.6 is 0 Å². The molecule has 7 heteroatoms. The Morgan fingerprint density at radius 3 is 2.84 bits per heavy atom. The summed E-state index contributed by atoms with van der Waals surface area (Å²) in [7, 11) is -3.45. The topological polar surface area (TPSA) is 67.9 Å². The molecule has 1 N–H and O–H groups in total. The lowest BCUT2D eigenvalue weighted by atomic mass is 10.3. The first-order valence-corrected chi connectivity index (χ1v) is 7.72. The van der Waals surface area contributed by atoms with Crippen LogP contribution in [0.15, 0.2) is 23.1 Å². The maximum atomic E-state index is 12.5. The number of fused-ring (bicyclic) bond motifs is 1. The highest BCUT2D eigenvalue weighted by Crippen LogP contribution is 2.34. The quantitative estimate of drug-likeness (QED) is 0.851. The average Bonchev–Trinajstić information content (AvgIpc) is 2.69.